The van der Waals surface area contributed by atoms with Crippen molar-refractivity contribution in [2.75, 3.05) is 13.7 Å². The summed E-state index contributed by atoms with van der Waals surface area (Å²) in [4.78, 5) is 23.1. The Morgan fingerprint density at radius 3 is 2.50 bits per heavy atom. The fraction of sp³-hybridized carbons (Fsp3) is 0.529. The quantitative estimate of drug-likeness (QED) is 0.616. The molecule has 0 heterocycles. The number of carbonyl (C=O) groups excluding carboxylic acids is 2. The third-order valence-electron chi connectivity index (χ3n) is 3.83. The second-order valence-corrected chi connectivity index (χ2v) is 5.56. The molecule has 1 fully saturated rings. The molecule has 0 aromatic heterocycles. The fourth-order valence-electron chi connectivity index (χ4n) is 2.66. The van der Waals surface area contributed by atoms with Crippen LogP contribution in [0, 0.1) is 5.92 Å². The van der Waals surface area contributed by atoms with Crippen LogP contribution in [-0.2, 0) is 9.53 Å². The van der Waals surface area contributed by atoms with Gasteiger partial charge in [0.2, 0.25) is 0 Å². The maximum Gasteiger partial charge on any atom is 0.338 e. The first-order valence-electron chi connectivity index (χ1n) is 7.63. The molecule has 5 heteroatoms. The third-order valence-corrected chi connectivity index (χ3v) is 3.83. The molecular weight excluding hydrogens is 284 g/mol. The van der Waals surface area contributed by atoms with E-state index < -0.39 is 5.97 Å². The van der Waals surface area contributed by atoms with Crippen molar-refractivity contribution in [1.82, 2.24) is 0 Å². The zero-order valence-electron chi connectivity index (χ0n) is 13.1. The lowest BCUT2D eigenvalue weighted by Gasteiger charge is -2.21. The Kier molecular flexibility index (Phi) is 5.81. The van der Waals surface area contributed by atoms with Gasteiger partial charge < -0.3 is 14.2 Å². The fourth-order valence-corrected chi connectivity index (χ4v) is 2.66. The van der Waals surface area contributed by atoms with E-state index in [0.29, 0.717) is 29.6 Å². The van der Waals surface area contributed by atoms with E-state index in [-0.39, 0.29) is 5.97 Å². The molecule has 0 spiro atoms. The number of ether oxygens (including phenoxy) is 3. The Balaban J connectivity index is 1.98. The van der Waals surface area contributed by atoms with Gasteiger partial charge in [-0.1, -0.05) is 19.3 Å². The van der Waals surface area contributed by atoms with Crippen LogP contribution in [0.5, 0.6) is 11.5 Å². The number of esters is 2. The molecule has 1 saturated carbocycles. The molecule has 0 amide bonds. The van der Waals surface area contributed by atoms with Crippen molar-refractivity contribution in [3.63, 3.8) is 0 Å². The zero-order chi connectivity index (χ0) is 15.9. The van der Waals surface area contributed by atoms with Crippen molar-refractivity contribution < 1.29 is 23.8 Å². The minimum Gasteiger partial charge on any atom is -0.493 e. The first-order valence-corrected chi connectivity index (χ1v) is 7.63. The Morgan fingerprint density at radius 2 is 1.86 bits per heavy atom. The highest BCUT2D eigenvalue weighted by molar-refractivity contribution is 5.90. The highest BCUT2D eigenvalue weighted by Crippen LogP contribution is 2.29. The number of carbonyl (C=O) groups is 2. The molecule has 1 aromatic rings. The summed E-state index contributed by atoms with van der Waals surface area (Å²) in [6.07, 6.45) is 5.96. The van der Waals surface area contributed by atoms with Crippen LogP contribution in [0.1, 0.15) is 49.4 Å². The van der Waals surface area contributed by atoms with Gasteiger partial charge in [0.1, 0.15) is 0 Å². The van der Waals surface area contributed by atoms with Gasteiger partial charge in [-0.25, -0.2) is 4.79 Å². The molecule has 0 saturated heterocycles. The average Bonchev–Trinajstić information content (AvgIpc) is 2.53. The standard InChI is InChI=1S/C17H22O5/c1-12(18)22-15-9-8-14(10-16(15)20-2)17(19)21-11-13-6-4-3-5-7-13/h8-10,13H,3-7,11H2,1-2H3. The van der Waals surface area contributed by atoms with Crippen LogP contribution in [-0.4, -0.2) is 25.7 Å². The summed E-state index contributed by atoms with van der Waals surface area (Å²) in [6.45, 7) is 1.78. The minimum absolute atomic E-state index is 0.291. The molecular formula is C17H22O5. The van der Waals surface area contributed by atoms with Crippen LogP contribution in [0.25, 0.3) is 0 Å². The second kappa shape index (κ2) is 7.82. The Labute approximate surface area is 130 Å². The van der Waals surface area contributed by atoms with Crippen LogP contribution >= 0.6 is 0 Å². The topological polar surface area (TPSA) is 61.8 Å². The predicted octanol–water partition coefficient (Wildman–Crippen LogP) is 3.36. The second-order valence-electron chi connectivity index (χ2n) is 5.56. The summed E-state index contributed by atoms with van der Waals surface area (Å²) < 4.78 is 15.5. The Hall–Kier alpha value is -2.04. The van der Waals surface area contributed by atoms with Gasteiger partial charge in [0.15, 0.2) is 11.5 Å². The first-order chi connectivity index (χ1) is 10.6. The summed E-state index contributed by atoms with van der Waals surface area (Å²) >= 11 is 0. The molecule has 1 aliphatic carbocycles. The SMILES string of the molecule is COc1cc(C(=O)OCC2CCCCC2)ccc1OC(C)=O. The van der Waals surface area contributed by atoms with Crippen molar-refractivity contribution in [3.8, 4) is 11.5 Å². The lowest BCUT2D eigenvalue weighted by molar-refractivity contribution is -0.132. The molecule has 0 radical (unpaired) electrons. The van der Waals surface area contributed by atoms with Gasteiger partial charge in [0.25, 0.3) is 0 Å². The molecule has 1 aliphatic rings. The van der Waals surface area contributed by atoms with Crippen molar-refractivity contribution in [1.29, 1.82) is 0 Å². The molecule has 0 bridgehead atoms. The van der Waals surface area contributed by atoms with Gasteiger partial charge in [-0.2, -0.15) is 0 Å². The molecule has 0 N–H and O–H groups in total. The predicted molar refractivity (Wildman–Crippen MR) is 81.2 cm³/mol. The molecule has 2 rings (SSSR count). The van der Waals surface area contributed by atoms with Crippen molar-refractivity contribution in [2.24, 2.45) is 5.92 Å². The van der Waals surface area contributed by atoms with Gasteiger partial charge in [0.05, 0.1) is 19.3 Å². The van der Waals surface area contributed by atoms with E-state index in [2.05, 4.69) is 0 Å². The largest absolute Gasteiger partial charge is 0.493 e. The maximum absolute atomic E-state index is 12.1. The van der Waals surface area contributed by atoms with Crippen LogP contribution in [0.15, 0.2) is 18.2 Å². The van der Waals surface area contributed by atoms with E-state index in [1.807, 2.05) is 0 Å². The highest BCUT2D eigenvalue weighted by Gasteiger charge is 2.17. The van der Waals surface area contributed by atoms with E-state index in [4.69, 9.17) is 14.2 Å². The average molecular weight is 306 g/mol. The molecule has 120 valence electrons. The van der Waals surface area contributed by atoms with Gasteiger partial charge >= 0.3 is 11.9 Å². The third kappa shape index (κ3) is 4.48. The monoisotopic (exact) mass is 306 g/mol. The normalized spacial score (nSPS) is 15.2. The van der Waals surface area contributed by atoms with Crippen molar-refractivity contribution in [2.45, 2.75) is 39.0 Å². The van der Waals surface area contributed by atoms with Crippen LogP contribution < -0.4 is 9.47 Å². The summed E-state index contributed by atoms with van der Waals surface area (Å²) in [5, 5.41) is 0. The van der Waals surface area contributed by atoms with Crippen LogP contribution in [0.3, 0.4) is 0 Å². The van der Waals surface area contributed by atoms with Gasteiger partial charge in [-0.15, -0.1) is 0 Å². The minimum atomic E-state index is -0.439. The molecule has 0 unspecified atom stereocenters. The van der Waals surface area contributed by atoms with E-state index in [0.717, 1.165) is 12.8 Å². The van der Waals surface area contributed by atoms with Gasteiger partial charge in [0, 0.05) is 6.92 Å². The summed E-state index contributed by atoms with van der Waals surface area (Å²) in [5.74, 6) is 0.283. The van der Waals surface area contributed by atoms with E-state index in [1.54, 1.807) is 6.07 Å². The van der Waals surface area contributed by atoms with E-state index in [9.17, 15) is 9.59 Å². The van der Waals surface area contributed by atoms with E-state index >= 15 is 0 Å². The lowest BCUT2D eigenvalue weighted by Crippen LogP contribution is -2.17. The maximum atomic E-state index is 12.1. The highest BCUT2D eigenvalue weighted by atomic mass is 16.6. The van der Waals surface area contributed by atoms with Crippen molar-refractivity contribution >= 4 is 11.9 Å². The summed E-state index contributed by atoms with van der Waals surface area (Å²) in [5.41, 5.74) is 0.392. The lowest BCUT2D eigenvalue weighted by atomic mass is 9.90. The van der Waals surface area contributed by atoms with Crippen LogP contribution in [0.4, 0.5) is 0 Å². The Bertz CT molecular complexity index is 532. The zero-order valence-corrected chi connectivity index (χ0v) is 13.1. The first kappa shape index (κ1) is 16.3. The van der Waals surface area contributed by atoms with E-state index in [1.165, 1.54) is 45.4 Å². The number of hydrogen-bond acceptors (Lipinski definition) is 5. The smallest absolute Gasteiger partial charge is 0.338 e. The number of rotatable bonds is 5. The summed E-state index contributed by atoms with van der Waals surface area (Å²) in [7, 11) is 1.46. The van der Waals surface area contributed by atoms with Crippen LogP contribution in [0.2, 0.25) is 0 Å². The molecule has 0 atom stereocenters. The molecule has 1 aromatic carbocycles. The number of benzene rings is 1. The van der Waals surface area contributed by atoms with Gasteiger partial charge in [-0.05, 0) is 37.0 Å². The Morgan fingerprint density at radius 1 is 1.14 bits per heavy atom. The number of hydrogen-bond donors (Lipinski definition) is 0. The van der Waals surface area contributed by atoms with Crippen molar-refractivity contribution in [3.05, 3.63) is 23.8 Å². The van der Waals surface area contributed by atoms with Gasteiger partial charge in [-0.3, -0.25) is 4.79 Å². The molecule has 22 heavy (non-hydrogen) atoms. The molecule has 0 aliphatic heterocycles. The number of methoxy groups -OCH3 is 1. The summed E-state index contributed by atoms with van der Waals surface area (Å²) in [6, 6.07) is 4.64. The molecule has 5 nitrogen and oxygen atoms in total.